The highest BCUT2D eigenvalue weighted by atomic mass is 16.5. The first-order chi connectivity index (χ1) is 8.31. The lowest BCUT2D eigenvalue weighted by atomic mass is 9.98. The van der Waals surface area contributed by atoms with Crippen LogP contribution in [0.2, 0.25) is 0 Å². The van der Waals surface area contributed by atoms with Gasteiger partial charge in [0.1, 0.15) is 6.04 Å². The molecule has 0 spiro atoms. The zero-order chi connectivity index (χ0) is 12.1. The summed E-state index contributed by atoms with van der Waals surface area (Å²) in [6.07, 6.45) is 1.18. The lowest BCUT2D eigenvalue weighted by molar-refractivity contribution is -0.132. The molecule has 17 heavy (non-hydrogen) atoms. The standard InChI is InChI=1S/C12H23N3O2/c1-2-14-12(16)11-9-17-6-5-15(11)4-3-10-7-13-8-10/h10-11,13H,2-9H2,1H3,(H,14,16). The van der Waals surface area contributed by atoms with Crippen molar-refractivity contribution in [3.63, 3.8) is 0 Å². The topological polar surface area (TPSA) is 53.6 Å². The van der Waals surface area contributed by atoms with E-state index in [1.54, 1.807) is 0 Å². The molecular weight excluding hydrogens is 218 g/mol. The molecule has 1 atom stereocenters. The number of hydrogen-bond acceptors (Lipinski definition) is 4. The zero-order valence-electron chi connectivity index (χ0n) is 10.6. The van der Waals surface area contributed by atoms with Crippen LogP contribution in [-0.4, -0.2) is 62.8 Å². The highest BCUT2D eigenvalue weighted by Gasteiger charge is 2.29. The van der Waals surface area contributed by atoms with E-state index in [1.165, 1.54) is 6.42 Å². The lowest BCUT2D eigenvalue weighted by Crippen LogP contribution is -2.54. The molecule has 0 bridgehead atoms. The molecule has 2 fully saturated rings. The van der Waals surface area contributed by atoms with Crippen molar-refractivity contribution in [3.8, 4) is 0 Å². The fourth-order valence-electron chi connectivity index (χ4n) is 2.34. The van der Waals surface area contributed by atoms with Gasteiger partial charge in [-0.2, -0.15) is 0 Å². The Hall–Kier alpha value is -0.650. The van der Waals surface area contributed by atoms with Gasteiger partial charge in [0.05, 0.1) is 13.2 Å². The fourth-order valence-corrected chi connectivity index (χ4v) is 2.34. The van der Waals surface area contributed by atoms with E-state index in [1.807, 2.05) is 6.92 Å². The van der Waals surface area contributed by atoms with Crippen LogP contribution < -0.4 is 10.6 Å². The minimum Gasteiger partial charge on any atom is -0.378 e. The average Bonchev–Trinajstić information content (AvgIpc) is 2.28. The Balaban J connectivity index is 1.80. The summed E-state index contributed by atoms with van der Waals surface area (Å²) >= 11 is 0. The maximum atomic E-state index is 11.9. The van der Waals surface area contributed by atoms with Gasteiger partial charge in [-0.05, 0) is 38.9 Å². The molecule has 0 aliphatic carbocycles. The van der Waals surface area contributed by atoms with Crippen molar-refractivity contribution in [2.45, 2.75) is 19.4 Å². The molecule has 1 unspecified atom stereocenters. The number of rotatable bonds is 5. The van der Waals surface area contributed by atoms with Crippen molar-refractivity contribution >= 4 is 5.91 Å². The number of hydrogen-bond donors (Lipinski definition) is 2. The Kier molecular flexibility index (Phi) is 4.76. The SMILES string of the molecule is CCNC(=O)C1COCCN1CCC1CNC1. The van der Waals surface area contributed by atoms with Crippen molar-refractivity contribution < 1.29 is 9.53 Å². The predicted octanol–water partition coefficient (Wildman–Crippen LogP) is -0.567. The van der Waals surface area contributed by atoms with E-state index in [2.05, 4.69) is 15.5 Å². The molecule has 2 aliphatic rings. The molecule has 0 aromatic heterocycles. The van der Waals surface area contributed by atoms with Gasteiger partial charge in [-0.1, -0.05) is 0 Å². The number of amides is 1. The van der Waals surface area contributed by atoms with Crippen LogP contribution >= 0.6 is 0 Å². The summed E-state index contributed by atoms with van der Waals surface area (Å²) in [6, 6.07) is -0.0864. The van der Waals surface area contributed by atoms with Gasteiger partial charge in [-0.25, -0.2) is 0 Å². The highest BCUT2D eigenvalue weighted by Crippen LogP contribution is 2.13. The van der Waals surface area contributed by atoms with Gasteiger partial charge in [-0.3, -0.25) is 9.69 Å². The second-order valence-electron chi connectivity index (χ2n) is 4.83. The first kappa shape index (κ1) is 12.8. The Bertz CT molecular complexity index is 256. The molecule has 98 valence electrons. The summed E-state index contributed by atoms with van der Waals surface area (Å²) in [7, 11) is 0. The number of morpholine rings is 1. The highest BCUT2D eigenvalue weighted by molar-refractivity contribution is 5.81. The number of likely N-dealkylation sites (N-methyl/N-ethyl adjacent to an activating group) is 1. The van der Waals surface area contributed by atoms with Gasteiger partial charge in [-0.15, -0.1) is 0 Å². The Morgan fingerprint density at radius 1 is 1.53 bits per heavy atom. The number of nitrogens with one attached hydrogen (secondary N) is 2. The summed E-state index contributed by atoms with van der Waals surface area (Å²) < 4.78 is 5.41. The lowest BCUT2D eigenvalue weighted by Gasteiger charge is -2.36. The van der Waals surface area contributed by atoms with Crippen LogP contribution in [-0.2, 0) is 9.53 Å². The molecule has 2 heterocycles. The van der Waals surface area contributed by atoms with Crippen LogP contribution in [0.25, 0.3) is 0 Å². The summed E-state index contributed by atoms with van der Waals surface area (Å²) in [5, 5.41) is 6.17. The Morgan fingerprint density at radius 3 is 3.00 bits per heavy atom. The van der Waals surface area contributed by atoms with E-state index in [0.29, 0.717) is 13.2 Å². The average molecular weight is 241 g/mol. The third-order valence-electron chi connectivity index (χ3n) is 3.58. The van der Waals surface area contributed by atoms with E-state index >= 15 is 0 Å². The van der Waals surface area contributed by atoms with Crippen molar-refractivity contribution in [1.29, 1.82) is 0 Å². The van der Waals surface area contributed by atoms with Crippen LogP contribution in [0.1, 0.15) is 13.3 Å². The molecule has 0 saturated carbocycles. The minimum absolute atomic E-state index is 0.0864. The molecule has 0 radical (unpaired) electrons. The fraction of sp³-hybridized carbons (Fsp3) is 0.917. The van der Waals surface area contributed by atoms with Gasteiger partial charge >= 0.3 is 0 Å². The molecule has 5 heteroatoms. The van der Waals surface area contributed by atoms with Gasteiger partial charge in [0, 0.05) is 13.1 Å². The summed E-state index contributed by atoms with van der Waals surface area (Å²) in [6.45, 7) is 8.08. The van der Waals surface area contributed by atoms with Crippen molar-refractivity contribution in [2.24, 2.45) is 5.92 Å². The molecule has 1 amide bonds. The third kappa shape index (κ3) is 3.40. The largest absolute Gasteiger partial charge is 0.378 e. The third-order valence-corrected chi connectivity index (χ3v) is 3.58. The maximum absolute atomic E-state index is 11.9. The molecule has 2 saturated heterocycles. The second kappa shape index (κ2) is 6.33. The van der Waals surface area contributed by atoms with E-state index < -0.39 is 0 Å². The first-order valence-corrected chi connectivity index (χ1v) is 6.61. The summed E-state index contributed by atoms with van der Waals surface area (Å²) in [5.41, 5.74) is 0. The smallest absolute Gasteiger partial charge is 0.239 e. The van der Waals surface area contributed by atoms with Crippen LogP contribution in [0.5, 0.6) is 0 Å². The van der Waals surface area contributed by atoms with Crippen LogP contribution in [0.15, 0.2) is 0 Å². The summed E-state index contributed by atoms with van der Waals surface area (Å²) in [4.78, 5) is 14.2. The first-order valence-electron chi connectivity index (χ1n) is 6.61. The van der Waals surface area contributed by atoms with E-state index in [4.69, 9.17) is 4.74 Å². The van der Waals surface area contributed by atoms with Gasteiger partial charge in [0.25, 0.3) is 0 Å². The second-order valence-corrected chi connectivity index (χ2v) is 4.83. The molecule has 5 nitrogen and oxygen atoms in total. The van der Waals surface area contributed by atoms with Crippen molar-refractivity contribution in [2.75, 3.05) is 45.9 Å². The molecule has 2 N–H and O–H groups in total. The van der Waals surface area contributed by atoms with Crippen LogP contribution in [0, 0.1) is 5.92 Å². The molecule has 0 aromatic rings. The van der Waals surface area contributed by atoms with Crippen molar-refractivity contribution in [3.05, 3.63) is 0 Å². The van der Waals surface area contributed by atoms with Crippen LogP contribution in [0.4, 0.5) is 0 Å². The van der Waals surface area contributed by atoms with Gasteiger partial charge in [0.15, 0.2) is 0 Å². The summed E-state index contributed by atoms with van der Waals surface area (Å²) in [5.74, 6) is 0.909. The normalized spacial score (nSPS) is 26.5. The van der Waals surface area contributed by atoms with E-state index in [-0.39, 0.29) is 11.9 Å². The van der Waals surface area contributed by atoms with Gasteiger partial charge in [0.2, 0.25) is 5.91 Å². The molecule has 2 aliphatic heterocycles. The number of ether oxygens (including phenoxy) is 1. The predicted molar refractivity (Wildman–Crippen MR) is 65.8 cm³/mol. The maximum Gasteiger partial charge on any atom is 0.239 e. The molecule has 0 aromatic carbocycles. The van der Waals surface area contributed by atoms with E-state index in [0.717, 1.165) is 38.7 Å². The quantitative estimate of drug-likeness (QED) is 0.677. The number of nitrogens with zero attached hydrogens (tertiary/aromatic N) is 1. The number of carbonyl (C=O) groups excluding carboxylic acids is 1. The minimum atomic E-state index is -0.0864. The Morgan fingerprint density at radius 2 is 2.35 bits per heavy atom. The van der Waals surface area contributed by atoms with Crippen molar-refractivity contribution in [1.82, 2.24) is 15.5 Å². The monoisotopic (exact) mass is 241 g/mol. The molecule has 2 rings (SSSR count). The zero-order valence-corrected chi connectivity index (χ0v) is 10.6. The van der Waals surface area contributed by atoms with Crippen LogP contribution in [0.3, 0.4) is 0 Å². The number of carbonyl (C=O) groups is 1. The molecular formula is C12H23N3O2. The Labute approximate surface area is 103 Å². The van der Waals surface area contributed by atoms with E-state index in [9.17, 15) is 4.79 Å². The van der Waals surface area contributed by atoms with Gasteiger partial charge < -0.3 is 15.4 Å².